The first-order valence-electron chi connectivity index (χ1n) is 10.6. The molecule has 186 valence electrons. The van der Waals surface area contributed by atoms with Crippen molar-refractivity contribution in [2.45, 2.75) is 11.3 Å². The minimum atomic E-state index is -3.88. The highest BCUT2D eigenvalue weighted by Crippen LogP contribution is 2.31. The molecule has 0 bridgehead atoms. The molecule has 1 saturated heterocycles. The summed E-state index contributed by atoms with van der Waals surface area (Å²) < 4.78 is 38.0. The summed E-state index contributed by atoms with van der Waals surface area (Å²) in [5, 5.41) is 13.8. The Hall–Kier alpha value is -2.93. The molecule has 0 aliphatic carbocycles. The standard InChI is InChI=1S/C22H23ClN4O6S2/c1-32-20-6-3-15(12-21(20)33-2)11-16-14-34-22(24-16)25-7-9-26(10-8-25)35(30,31)17-4-5-18(23)19(13-17)27(28)29/h3-6,12-14H,7-11H2,1-2H3. The Labute approximate surface area is 211 Å². The summed E-state index contributed by atoms with van der Waals surface area (Å²) in [5.74, 6) is 1.32. The van der Waals surface area contributed by atoms with Gasteiger partial charge in [0.2, 0.25) is 10.0 Å². The Morgan fingerprint density at radius 2 is 1.80 bits per heavy atom. The van der Waals surface area contributed by atoms with Crippen molar-refractivity contribution in [3.05, 3.63) is 68.2 Å². The summed E-state index contributed by atoms with van der Waals surface area (Å²) in [6.07, 6.45) is 0.626. The second kappa shape index (κ2) is 10.4. The van der Waals surface area contributed by atoms with Crippen LogP contribution in [0.4, 0.5) is 10.8 Å². The highest BCUT2D eigenvalue weighted by Gasteiger charge is 2.31. The SMILES string of the molecule is COc1ccc(Cc2csc(N3CCN(S(=O)(=O)c4ccc(Cl)c([N+](=O)[O-])c4)CC3)n2)cc1OC. The average Bonchev–Trinajstić information content (AvgIpc) is 3.32. The fraction of sp³-hybridized carbons (Fsp3) is 0.318. The Bertz CT molecular complexity index is 1340. The molecule has 10 nitrogen and oxygen atoms in total. The van der Waals surface area contributed by atoms with Crippen LogP contribution in [0.25, 0.3) is 0 Å². The molecule has 1 aliphatic heterocycles. The normalized spacial score (nSPS) is 14.7. The summed E-state index contributed by atoms with van der Waals surface area (Å²) in [4.78, 5) is 17.1. The third-order valence-corrected chi connectivity index (χ3v) is 8.80. The summed E-state index contributed by atoms with van der Waals surface area (Å²) in [7, 11) is -0.698. The van der Waals surface area contributed by atoms with E-state index in [9.17, 15) is 18.5 Å². The highest BCUT2D eigenvalue weighted by atomic mass is 35.5. The third-order valence-electron chi connectivity index (χ3n) is 5.63. The fourth-order valence-electron chi connectivity index (χ4n) is 3.78. The summed E-state index contributed by atoms with van der Waals surface area (Å²) in [5.41, 5.74) is 1.50. The molecule has 1 fully saturated rings. The highest BCUT2D eigenvalue weighted by molar-refractivity contribution is 7.89. The molecule has 0 saturated carbocycles. The van der Waals surface area contributed by atoms with Crippen LogP contribution in [0.2, 0.25) is 5.02 Å². The number of piperazine rings is 1. The largest absolute Gasteiger partial charge is 0.493 e. The maximum absolute atomic E-state index is 13.0. The third kappa shape index (κ3) is 5.35. The number of thiazole rings is 1. The number of rotatable bonds is 8. The maximum Gasteiger partial charge on any atom is 0.289 e. The van der Waals surface area contributed by atoms with Crippen LogP contribution in [0.5, 0.6) is 11.5 Å². The predicted molar refractivity (Wildman–Crippen MR) is 134 cm³/mol. The molecule has 13 heteroatoms. The second-order valence-electron chi connectivity index (χ2n) is 7.75. The van der Waals surface area contributed by atoms with E-state index in [0.29, 0.717) is 31.0 Å². The van der Waals surface area contributed by atoms with Crippen LogP contribution in [-0.4, -0.2) is 63.0 Å². The van der Waals surface area contributed by atoms with E-state index in [1.165, 1.54) is 27.8 Å². The first kappa shape index (κ1) is 25.2. The van der Waals surface area contributed by atoms with E-state index in [1.807, 2.05) is 28.5 Å². The molecule has 3 aromatic rings. The summed E-state index contributed by atoms with van der Waals surface area (Å²) in [6, 6.07) is 9.27. The second-order valence-corrected chi connectivity index (χ2v) is 10.9. The van der Waals surface area contributed by atoms with Crippen LogP contribution < -0.4 is 14.4 Å². The number of nitrogens with zero attached hydrogens (tertiary/aromatic N) is 4. The van der Waals surface area contributed by atoms with Gasteiger partial charge in [0, 0.05) is 44.0 Å². The molecule has 0 unspecified atom stereocenters. The van der Waals surface area contributed by atoms with E-state index in [-0.39, 0.29) is 23.0 Å². The molecule has 0 amide bonds. The van der Waals surface area contributed by atoms with Crippen LogP contribution in [0.15, 0.2) is 46.7 Å². The zero-order valence-corrected chi connectivity index (χ0v) is 21.4. The van der Waals surface area contributed by atoms with Gasteiger partial charge in [-0.1, -0.05) is 17.7 Å². The topological polar surface area (TPSA) is 115 Å². The summed E-state index contributed by atoms with van der Waals surface area (Å²) in [6.45, 7) is 1.39. The van der Waals surface area contributed by atoms with Crippen molar-refractivity contribution in [3.63, 3.8) is 0 Å². The van der Waals surface area contributed by atoms with E-state index >= 15 is 0 Å². The van der Waals surface area contributed by atoms with Gasteiger partial charge in [0.15, 0.2) is 16.6 Å². The van der Waals surface area contributed by atoms with Crippen LogP contribution in [0, 0.1) is 10.1 Å². The molecule has 0 N–H and O–H groups in total. The smallest absolute Gasteiger partial charge is 0.289 e. The molecule has 2 heterocycles. The lowest BCUT2D eigenvalue weighted by molar-refractivity contribution is -0.384. The van der Waals surface area contributed by atoms with Gasteiger partial charge in [0.1, 0.15) is 5.02 Å². The van der Waals surface area contributed by atoms with Crippen LogP contribution in [-0.2, 0) is 16.4 Å². The lowest BCUT2D eigenvalue weighted by Crippen LogP contribution is -2.48. The number of hydrogen-bond acceptors (Lipinski definition) is 9. The molecule has 1 aliphatic rings. The van der Waals surface area contributed by atoms with Crippen molar-refractivity contribution >= 4 is 43.8 Å². The van der Waals surface area contributed by atoms with Gasteiger partial charge in [-0.2, -0.15) is 4.31 Å². The number of aromatic nitrogens is 1. The Morgan fingerprint density at radius 1 is 1.09 bits per heavy atom. The van der Waals surface area contributed by atoms with Gasteiger partial charge in [-0.3, -0.25) is 10.1 Å². The molecule has 2 aromatic carbocycles. The van der Waals surface area contributed by atoms with Gasteiger partial charge in [-0.15, -0.1) is 11.3 Å². The average molecular weight is 539 g/mol. The number of anilines is 1. The van der Waals surface area contributed by atoms with E-state index in [0.717, 1.165) is 22.5 Å². The van der Waals surface area contributed by atoms with E-state index in [1.54, 1.807) is 14.2 Å². The van der Waals surface area contributed by atoms with Crippen LogP contribution in [0.1, 0.15) is 11.3 Å². The first-order valence-corrected chi connectivity index (χ1v) is 13.3. The van der Waals surface area contributed by atoms with Gasteiger partial charge in [-0.05, 0) is 29.8 Å². The number of nitro groups is 1. The van der Waals surface area contributed by atoms with E-state index in [2.05, 4.69) is 0 Å². The van der Waals surface area contributed by atoms with Crippen molar-refractivity contribution < 1.29 is 22.8 Å². The Morgan fingerprint density at radius 3 is 2.46 bits per heavy atom. The fourth-order valence-corrected chi connectivity index (χ4v) is 6.29. The van der Waals surface area contributed by atoms with E-state index in [4.69, 9.17) is 26.1 Å². The van der Waals surface area contributed by atoms with Gasteiger partial charge in [-0.25, -0.2) is 13.4 Å². The number of sulfonamides is 1. The number of ether oxygens (including phenoxy) is 2. The minimum Gasteiger partial charge on any atom is -0.493 e. The van der Waals surface area contributed by atoms with Gasteiger partial charge >= 0.3 is 0 Å². The molecule has 35 heavy (non-hydrogen) atoms. The number of halogens is 1. The Balaban J connectivity index is 1.41. The maximum atomic E-state index is 13.0. The molecule has 0 atom stereocenters. The molecule has 1 aromatic heterocycles. The zero-order chi connectivity index (χ0) is 25.2. The lowest BCUT2D eigenvalue weighted by atomic mass is 10.1. The predicted octanol–water partition coefficient (Wildman–Crippen LogP) is 3.82. The van der Waals surface area contributed by atoms with Crippen molar-refractivity contribution in [1.29, 1.82) is 0 Å². The number of hydrogen-bond donors (Lipinski definition) is 0. The van der Waals surface area contributed by atoms with Crippen molar-refractivity contribution in [3.8, 4) is 11.5 Å². The van der Waals surface area contributed by atoms with Crippen LogP contribution in [0.3, 0.4) is 0 Å². The summed E-state index contributed by atoms with van der Waals surface area (Å²) >= 11 is 7.33. The molecule has 4 rings (SSSR count). The zero-order valence-electron chi connectivity index (χ0n) is 19.0. The number of nitro benzene ring substituents is 1. The molecule has 0 spiro atoms. The number of benzene rings is 2. The first-order chi connectivity index (χ1) is 16.7. The molecule has 0 radical (unpaired) electrons. The Kier molecular flexibility index (Phi) is 7.45. The molecular weight excluding hydrogens is 516 g/mol. The number of methoxy groups -OCH3 is 2. The van der Waals surface area contributed by atoms with Crippen molar-refractivity contribution in [2.75, 3.05) is 45.3 Å². The van der Waals surface area contributed by atoms with Gasteiger partial charge < -0.3 is 14.4 Å². The lowest BCUT2D eigenvalue weighted by Gasteiger charge is -2.33. The van der Waals surface area contributed by atoms with Crippen molar-refractivity contribution in [2.24, 2.45) is 0 Å². The quantitative estimate of drug-likeness (QED) is 0.314. The molecular formula is C22H23ClN4O6S2. The monoisotopic (exact) mass is 538 g/mol. The minimum absolute atomic E-state index is 0.105. The van der Waals surface area contributed by atoms with E-state index < -0.39 is 20.6 Å². The van der Waals surface area contributed by atoms with Gasteiger partial charge in [0.25, 0.3) is 5.69 Å². The van der Waals surface area contributed by atoms with Gasteiger partial charge in [0.05, 0.1) is 29.7 Å². The van der Waals surface area contributed by atoms with Crippen molar-refractivity contribution in [1.82, 2.24) is 9.29 Å². The van der Waals surface area contributed by atoms with Crippen LogP contribution >= 0.6 is 22.9 Å².